The van der Waals surface area contributed by atoms with Crippen molar-refractivity contribution < 1.29 is 0 Å². The quantitative estimate of drug-likeness (QED) is 0.490. The number of nitrogens with zero attached hydrogens (tertiary/aromatic N) is 1. The molecule has 1 nitrogen and oxygen atoms in total. The Morgan fingerprint density at radius 1 is 1.40 bits per heavy atom. The summed E-state index contributed by atoms with van der Waals surface area (Å²) in [6, 6.07) is 0. The molecular formula is C8H13NS. The second-order valence-electron chi connectivity index (χ2n) is 3.27. The minimum absolute atomic E-state index is 0.846. The molecular weight excluding hydrogens is 142 g/mol. The molecule has 0 aromatic heterocycles. The summed E-state index contributed by atoms with van der Waals surface area (Å²) >= 11 is 1.82. The minimum Gasteiger partial charge on any atom is -0.225 e. The zero-order valence-electron chi connectivity index (χ0n) is 6.34. The second-order valence-corrected chi connectivity index (χ2v) is 4.27. The lowest BCUT2D eigenvalue weighted by molar-refractivity contribution is 0.457. The summed E-state index contributed by atoms with van der Waals surface area (Å²) in [4.78, 5) is 0. The number of hydrogen-bond donors (Lipinski definition) is 0. The fraction of sp³-hybridized carbons (Fsp3) is 0.875. The Labute approximate surface area is 66.4 Å². The van der Waals surface area contributed by atoms with Crippen LogP contribution >= 0.6 is 11.9 Å². The van der Waals surface area contributed by atoms with Crippen LogP contribution in [0.15, 0.2) is 4.40 Å². The summed E-state index contributed by atoms with van der Waals surface area (Å²) in [5.74, 6) is 0.846. The van der Waals surface area contributed by atoms with Crippen molar-refractivity contribution in [3.63, 3.8) is 0 Å². The smallest absolute Gasteiger partial charge is 0.0347 e. The zero-order chi connectivity index (χ0) is 6.97. The van der Waals surface area contributed by atoms with Gasteiger partial charge in [0.1, 0.15) is 0 Å². The maximum absolute atomic E-state index is 4.41. The van der Waals surface area contributed by atoms with E-state index in [1.807, 2.05) is 11.9 Å². The topological polar surface area (TPSA) is 12.4 Å². The molecule has 0 bridgehead atoms. The Bertz CT molecular complexity index is 165. The molecule has 0 aromatic carbocycles. The molecule has 2 heteroatoms. The molecule has 0 radical (unpaired) electrons. The van der Waals surface area contributed by atoms with Crippen molar-refractivity contribution in [1.29, 1.82) is 0 Å². The zero-order valence-corrected chi connectivity index (χ0v) is 7.16. The van der Waals surface area contributed by atoms with Crippen LogP contribution in [0.2, 0.25) is 0 Å². The molecule has 1 aliphatic carbocycles. The molecule has 0 N–H and O–H groups in total. The van der Waals surface area contributed by atoms with E-state index in [0.717, 1.165) is 11.2 Å². The molecule has 1 saturated carbocycles. The molecule has 56 valence electrons. The molecule has 1 aliphatic heterocycles. The fourth-order valence-corrected chi connectivity index (χ4v) is 3.11. The standard InChI is InChI=1S/C8H13NS/c1-6-7-4-2-3-5-8(7)10-9-6/h7-8H,2-5H2,1H3. The van der Waals surface area contributed by atoms with Gasteiger partial charge in [-0.2, -0.15) is 0 Å². The lowest BCUT2D eigenvalue weighted by atomic mass is 9.86. The average molecular weight is 155 g/mol. The Kier molecular flexibility index (Phi) is 1.73. The van der Waals surface area contributed by atoms with Gasteiger partial charge in [0.05, 0.1) is 0 Å². The van der Waals surface area contributed by atoms with Gasteiger partial charge >= 0.3 is 0 Å². The largest absolute Gasteiger partial charge is 0.225 e. The molecule has 1 heterocycles. The van der Waals surface area contributed by atoms with E-state index >= 15 is 0 Å². The molecule has 2 rings (SSSR count). The molecule has 1 fully saturated rings. The summed E-state index contributed by atoms with van der Waals surface area (Å²) < 4.78 is 4.41. The molecule has 0 amide bonds. The van der Waals surface area contributed by atoms with E-state index < -0.39 is 0 Å². The Hall–Kier alpha value is 0.0200. The van der Waals surface area contributed by atoms with E-state index in [2.05, 4.69) is 11.3 Å². The van der Waals surface area contributed by atoms with Crippen molar-refractivity contribution in [2.75, 3.05) is 0 Å². The van der Waals surface area contributed by atoms with Crippen LogP contribution in [0.4, 0.5) is 0 Å². The van der Waals surface area contributed by atoms with Gasteiger partial charge in [0.25, 0.3) is 0 Å². The lowest BCUT2D eigenvalue weighted by Crippen LogP contribution is -2.22. The number of hydrogen-bond acceptors (Lipinski definition) is 2. The third-order valence-corrected chi connectivity index (χ3v) is 3.80. The van der Waals surface area contributed by atoms with Gasteiger partial charge < -0.3 is 0 Å². The van der Waals surface area contributed by atoms with Gasteiger partial charge in [-0.1, -0.05) is 12.8 Å². The molecule has 10 heavy (non-hydrogen) atoms. The molecule has 2 atom stereocenters. The summed E-state index contributed by atoms with van der Waals surface area (Å²) in [7, 11) is 0. The first-order valence-corrected chi connectivity index (χ1v) is 4.92. The first-order chi connectivity index (χ1) is 4.88. The van der Waals surface area contributed by atoms with Crippen LogP contribution in [-0.4, -0.2) is 11.0 Å². The summed E-state index contributed by atoms with van der Waals surface area (Å²) in [5, 5.41) is 0.855. The molecule has 0 spiro atoms. The highest BCUT2D eigenvalue weighted by Gasteiger charge is 2.31. The van der Waals surface area contributed by atoms with Gasteiger partial charge in [0.15, 0.2) is 0 Å². The normalized spacial score (nSPS) is 39.1. The van der Waals surface area contributed by atoms with Gasteiger partial charge in [0, 0.05) is 16.9 Å². The summed E-state index contributed by atoms with van der Waals surface area (Å²) in [6.07, 6.45) is 5.65. The van der Waals surface area contributed by atoms with E-state index in [9.17, 15) is 0 Å². The van der Waals surface area contributed by atoms with Crippen molar-refractivity contribution in [1.82, 2.24) is 0 Å². The maximum atomic E-state index is 4.41. The van der Waals surface area contributed by atoms with Crippen LogP contribution in [0.5, 0.6) is 0 Å². The van der Waals surface area contributed by atoms with E-state index in [1.54, 1.807) is 0 Å². The predicted molar refractivity (Wildman–Crippen MR) is 46.4 cm³/mol. The van der Waals surface area contributed by atoms with Crippen molar-refractivity contribution in [3.8, 4) is 0 Å². The lowest BCUT2D eigenvalue weighted by Gasteiger charge is -2.23. The number of fused-ring (bicyclic) bond motifs is 1. The van der Waals surface area contributed by atoms with Gasteiger partial charge in [0.2, 0.25) is 0 Å². The second kappa shape index (κ2) is 2.57. The van der Waals surface area contributed by atoms with E-state index in [4.69, 9.17) is 0 Å². The molecule has 0 saturated heterocycles. The van der Waals surface area contributed by atoms with Crippen LogP contribution < -0.4 is 0 Å². The van der Waals surface area contributed by atoms with Crippen LogP contribution in [0.1, 0.15) is 32.6 Å². The molecule has 0 aromatic rings. The Morgan fingerprint density at radius 3 is 3.00 bits per heavy atom. The van der Waals surface area contributed by atoms with E-state index in [1.165, 1.54) is 31.4 Å². The van der Waals surface area contributed by atoms with Gasteiger partial charge in [-0.3, -0.25) is 0 Å². The highest BCUT2D eigenvalue weighted by molar-refractivity contribution is 7.99. The van der Waals surface area contributed by atoms with Crippen molar-refractivity contribution in [3.05, 3.63) is 0 Å². The van der Waals surface area contributed by atoms with E-state index in [-0.39, 0.29) is 0 Å². The van der Waals surface area contributed by atoms with Crippen LogP contribution in [0.3, 0.4) is 0 Å². The van der Waals surface area contributed by atoms with Crippen LogP contribution in [0.25, 0.3) is 0 Å². The van der Waals surface area contributed by atoms with Crippen LogP contribution in [0, 0.1) is 5.92 Å². The van der Waals surface area contributed by atoms with Crippen molar-refractivity contribution in [2.45, 2.75) is 37.9 Å². The first kappa shape index (κ1) is 6.71. The highest BCUT2D eigenvalue weighted by atomic mass is 32.2. The third kappa shape index (κ3) is 0.986. The van der Waals surface area contributed by atoms with Crippen molar-refractivity contribution in [2.24, 2.45) is 10.3 Å². The number of rotatable bonds is 0. The van der Waals surface area contributed by atoms with Crippen molar-refractivity contribution >= 4 is 17.7 Å². The SMILES string of the molecule is CC1=NSC2CCCCC12. The third-order valence-electron chi connectivity index (χ3n) is 2.57. The van der Waals surface area contributed by atoms with Crippen LogP contribution in [-0.2, 0) is 0 Å². The first-order valence-electron chi connectivity index (χ1n) is 4.08. The molecule has 2 unspecified atom stereocenters. The van der Waals surface area contributed by atoms with E-state index in [0.29, 0.717) is 0 Å². The Morgan fingerprint density at radius 2 is 2.20 bits per heavy atom. The summed E-state index contributed by atoms with van der Waals surface area (Å²) in [6.45, 7) is 2.18. The highest BCUT2D eigenvalue weighted by Crippen LogP contribution is 2.39. The monoisotopic (exact) mass is 155 g/mol. The van der Waals surface area contributed by atoms with Gasteiger partial charge in [-0.05, 0) is 31.7 Å². The summed E-state index contributed by atoms with van der Waals surface area (Å²) in [5.41, 5.74) is 1.40. The van der Waals surface area contributed by atoms with Gasteiger partial charge in [-0.25, -0.2) is 4.40 Å². The minimum atomic E-state index is 0.846. The predicted octanol–water partition coefficient (Wildman–Crippen LogP) is 2.67. The maximum Gasteiger partial charge on any atom is 0.0347 e. The van der Waals surface area contributed by atoms with Gasteiger partial charge in [-0.15, -0.1) is 0 Å². The Balaban J connectivity index is 2.08. The fourth-order valence-electron chi connectivity index (χ4n) is 1.92. The average Bonchev–Trinajstić information content (AvgIpc) is 2.34. The molecule has 2 aliphatic rings.